The first-order chi connectivity index (χ1) is 15.2. The van der Waals surface area contributed by atoms with Crippen molar-refractivity contribution in [2.24, 2.45) is 0 Å². The molecule has 3 rings (SSSR count). The predicted molar refractivity (Wildman–Crippen MR) is 124 cm³/mol. The third-order valence-electron chi connectivity index (χ3n) is 5.21. The van der Waals surface area contributed by atoms with Crippen molar-refractivity contribution in [3.05, 3.63) is 108 Å². The molecule has 0 unspecified atom stereocenters. The second-order valence-corrected chi connectivity index (χ2v) is 7.60. The van der Waals surface area contributed by atoms with Gasteiger partial charge >= 0.3 is 0 Å². The Bertz CT molecular complexity index is 943. The molecule has 0 aliphatic carbocycles. The fraction of sp³-hybridized carbons (Fsp3) is 0.259. The van der Waals surface area contributed by atoms with Crippen molar-refractivity contribution >= 4 is 11.8 Å². The van der Waals surface area contributed by atoms with Crippen LogP contribution in [-0.4, -0.2) is 23.3 Å². The number of amides is 2. The molecule has 0 aliphatic heterocycles. The molecule has 2 amide bonds. The summed E-state index contributed by atoms with van der Waals surface area (Å²) in [5, 5.41) is 3.06. The van der Waals surface area contributed by atoms with E-state index in [0.29, 0.717) is 19.5 Å². The Kier molecular flexibility index (Phi) is 8.41. The summed E-state index contributed by atoms with van der Waals surface area (Å²) in [5.41, 5.74) is 2.99. The van der Waals surface area contributed by atoms with Gasteiger partial charge in [-0.25, -0.2) is 0 Å². The zero-order valence-corrected chi connectivity index (χ0v) is 18.0. The zero-order valence-electron chi connectivity index (χ0n) is 18.0. The van der Waals surface area contributed by atoms with Gasteiger partial charge in [0.1, 0.15) is 6.04 Å². The number of carbonyl (C=O) groups is 2. The Morgan fingerprint density at radius 1 is 0.806 bits per heavy atom. The van der Waals surface area contributed by atoms with Crippen LogP contribution < -0.4 is 5.32 Å². The summed E-state index contributed by atoms with van der Waals surface area (Å²) in [6.45, 7) is 2.90. The van der Waals surface area contributed by atoms with Crippen molar-refractivity contribution in [2.75, 3.05) is 6.54 Å². The van der Waals surface area contributed by atoms with E-state index in [1.54, 1.807) is 4.90 Å². The summed E-state index contributed by atoms with van der Waals surface area (Å²) in [4.78, 5) is 28.2. The first-order valence-corrected chi connectivity index (χ1v) is 10.9. The summed E-state index contributed by atoms with van der Waals surface area (Å²) < 4.78 is 0. The maximum absolute atomic E-state index is 13.4. The second-order valence-electron chi connectivity index (χ2n) is 7.60. The molecule has 3 aromatic rings. The smallest absolute Gasteiger partial charge is 0.247 e. The first-order valence-electron chi connectivity index (χ1n) is 10.9. The molecule has 0 saturated heterocycles. The summed E-state index contributed by atoms with van der Waals surface area (Å²) in [6, 6.07) is 28.8. The normalized spacial score (nSPS) is 11.5. The van der Waals surface area contributed by atoms with E-state index < -0.39 is 6.04 Å². The van der Waals surface area contributed by atoms with Crippen LogP contribution in [0.25, 0.3) is 0 Å². The SMILES string of the molecule is CCCC(=O)N(Cc1ccccc1)[C@@H](C(=O)NCCc1ccccc1)c1ccccc1. The van der Waals surface area contributed by atoms with Gasteiger partial charge in [0, 0.05) is 19.5 Å². The zero-order chi connectivity index (χ0) is 21.9. The lowest BCUT2D eigenvalue weighted by Gasteiger charge is -2.31. The molecule has 0 heterocycles. The van der Waals surface area contributed by atoms with Crippen molar-refractivity contribution < 1.29 is 9.59 Å². The molecule has 4 heteroatoms. The van der Waals surface area contributed by atoms with Gasteiger partial charge in [0.25, 0.3) is 0 Å². The number of nitrogens with one attached hydrogen (secondary N) is 1. The third kappa shape index (κ3) is 6.54. The van der Waals surface area contributed by atoms with Gasteiger partial charge < -0.3 is 10.2 Å². The number of carbonyl (C=O) groups excluding carboxylic acids is 2. The van der Waals surface area contributed by atoms with Crippen LogP contribution in [0.5, 0.6) is 0 Å². The number of benzene rings is 3. The van der Waals surface area contributed by atoms with Gasteiger partial charge in [0.2, 0.25) is 11.8 Å². The Morgan fingerprint density at radius 2 is 1.35 bits per heavy atom. The average molecular weight is 415 g/mol. The maximum atomic E-state index is 13.4. The lowest BCUT2D eigenvalue weighted by atomic mass is 10.0. The minimum Gasteiger partial charge on any atom is -0.354 e. The van der Waals surface area contributed by atoms with E-state index in [-0.39, 0.29) is 11.8 Å². The van der Waals surface area contributed by atoms with Crippen LogP contribution in [-0.2, 0) is 22.6 Å². The van der Waals surface area contributed by atoms with Gasteiger partial charge in [-0.2, -0.15) is 0 Å². The van der Waals surface area contributed by atoms with Crippen LogP contribution in [0.4, 0.5) is 0 Å². The largest absolute Gasteiger partial charge is 0.354 e. The molecule has 0 spiro atoms. The minimum atomic E-state index is -0.670. The lowest BCUT2D eigenvalue weighted by Crippen LogP contribution is -2.43. The van der Waals surface area contributed by atoms with Crippen LogP contribution in [0.2, 0.25) is 0 Å². The van der Waals surface area contributed by atoms with Gasteiger partial charge in [-0.1, -0.05) is 97.9 Å². The topological polar surface area (TPSA) is 49.4 Å². The number of rotatable bonds is 10. The predicted octanol–water partition coefficient (Wildman–Crippen LogP) is 4.92. The molecule has 31 heavy (non-hydrogen) atoms. The lowest BCUT2D eigenvalue weighted by molar-refractivity contribution is -0.141. The summed E-state index contributed by atoms with van der Waals surface area (Å²) >= 11 is 0. The van der Waals surface area contributed by atoms with Gasteiger partial charge in [0.15, 0.2) is 0 Å². The Labute approximate surface area is 184 Å². The molecule has 1 atom stereocenters. The van der Waals surface area contributed by atoms with E-state index in [4.69, 9.17) is 0 Å². The van der Waals surface area contributed by atoms with E-state index >= 15 is 0 Å². The summed E-state index contributed by atoms with van der Waals surface area (Å²) in [7, 11) is 0. The standard InChI is InChI=1S/C27H30N2O2/c1-2-12-25(30)29(21-23-15-8-4-9-16-23)26(24-17-10-5-11-18-24)27(31)28-20-19-22-13-6-3-7-14-22/h3-11,13-18,26H,2,12,19-21H2,1H3,(H,28,31)/t26-/m1/s1. The molecular formula is C27H30N2O2. The van der Waals surface area contributed by atoms with E-state index in [9.17, 15) is 9.59 Å². The fourth-order valence-corrected chi connectivity index (χ4v) is 3.64. The van der Waals surface area contributed by atoms with Crippen molar-refractivity contribution in [1.82, 2.24) is 10.2 Å². The number of hydrogen-bond donors (Lipinski definition) is 1. The van der Waals surface area contributed by atoms with E-state index in [0.717, 1.165) is 24.0 Å². The van der Waals surface area contributed by atoms with Gasteiger partial charge in [-0.15, -0.1) is 0 Å². The Balaban J connectivity index is 1.83. The molecule has 4 nitrogen and oxygen atoms in total. The van der Waals surface area contributed by atoms with Crippen molar-refractivity contribution in [3.8, 4) is 0 Å². The fourth-order valence-electron chi connectivity index (χ4n) is 3.64. The van der Waals surface area contributed by atoms with E-state index in [1.165, 1.54) is 5.56 Å². The molecule has 1 N–H and O–H groups in total. The molecule has 3 aromatic carbocycles. The quantitative estimate of drug-likeness (QED) is 0.512. The average Bonchev–Trinajstić information content (AvgIpc) is 2.81. The van der Waals surface area contributed by atoms with Crippen molar-refractivity contribution in [2.45, 2.75) is 38.8 Å². The van der Waals surface area contributed by atoms with Gasteiger partial charge in [-0.3, -0.25) is 9.59 Å². The molecule has 0 saturated carbocycles. The van der Waals surface area contributed by atoms with Gasteiger partial charge in [-0.05, 0) is 29.5 Å². The molecule has 0 fully saturated rings. The highest BCUT2D eigenvalue weighted by Gasteiger charge is 2.30. The summed E-state index contributed by atoms with van der Waals surface area (Å²) in [5.74, 6) is -0.166. The van der Waals surface area contributed by atoms with Crippen LogP contribution >= 0.6 is 0 Å². The van der Waals surface area contributed by atoms with E-state index in [1.807, 2.05) is 97.9 Å². The molecule has 0 radical (unpaired) electrons. The molecule has 0 aliphatic rings. The second kappa shape index (κ2) is 11.7. The molecular weight excluding hydrogens is 384 g/mol. The Morgan fingerprint density at radius 3 is 1.94 bits per heavy atom. The minimum absolute atomic E-state index is 0.0154. The van der Waals surface area contributed by atoms with Crippen LogP contribution in [0.3, 0.4) is 0 Å². The molecule has 160 valence electrons. The monoisotopic (exact) mass is 414 g/mol. The molecule has 0 aromatic heterocycles. The van der Waals surface area contributed by atoms with Crippen LogP contribution in [0.15, 0.2) is 91.0 Å². The van der Waals surface area contributed by atoms with Crippen LogP contribution in [0, 0.1) is 0 Å². The third-order valence-corrected chi connectivity index (χ3v) is 5.21. The molecule has 0 bridgehead atoms. The maximum Gasteiger partial charge on any atom is 0.247 e. The highest BCUT2D eigenvalue weighted by Crippen LogP contribution is 2.25. The summed E-state index contributed by atoms with van der Waals surface area (Å²) in [6.07, 6.45) is 1.89. The van der Waals surface area contributed by atoms with Crippen molar-refractivity contribution in [3.63, 3.8) is 0 Å². The highest BCUT2D eigenvalue weighted by atomic mass is 16.2. The number of hydrogen-bond acceptors (Lipinski definition) is 2. The van der Waals surface area contributed by atoms with E-state index in [2.05, 4.69) is 5.32 Å². The number of nitrogens with zero attached hydrogens (tertiary/aromatic N) is 1. The van der Waals surface area contributed by atoms with Crippen molar-refractivity contribution in [1.29, 1.82) is 0 Å². The van der Waals surface area contributed by atoms with Crippen LogP contribution in [0.1, 0.15) is 42.5 Å². The highest BCUT2D eigenvalue weighted by molar-refractivity contribution is 5.88. The first kappa shape index (κ1) is 22.3. The van der Waals surface area contributed by atoms with Gasteiger partial charge in [0.05, 0.1) is 0 Å². The Hall–Kier alpha value is -3.40.